The van der Waals surface area contributed by atoms with Crippen LogP contribution in [0.3, 0.4) is 0 Å². The van der Waals surface area contributed by atoms with Crippen molar-refractivity contribution in [2.45, 2.75) is 79.6 Å². The van der Waals surface area contributed by atoms with Gasteiger partial charge in [-0.2, -0.15) is 0 Å². The highest BCUT2D eigenvalue weighted by Crippen LogP contribution is 2.49. The first-order chi connectivity index (χ1) is 12.5. The third kappa shape index (κ3) is 4.40. The Morgan fingerprint density at radius 3 is 2.08 bits per heavy atom. The molecule has 2 rings (SSSR count). The molecule has 0 spiro atoms. The van der Waals surface area contributed by atoms with Gasteiger partial charge in [0.1, 0.15) is 0 Å². The van der Waals surface area contributed by atoms with Gasteiger partial charge in [0.05, 0.1) is 0 Å². The Balaban J connectivity index is 2.55. The Kier molecular flexibility index (Phi) is 7.50. The van der Waals surface area contributed by atoms with Gasteiger partial charge in [-0.1, -0.05) is 107 Å². The zero-order valence-corrected chi connectivity index (χ0v) is 17.8. The van der Waals surface area contributed by atoms with Crippen molar-refractivity contribution in [3.63, 3.8) is 0 Å². The summed E-state index contributed by atoms with van der Waals surface area (Å²) >= 11 is 0. The summed E-state index contributed by atoms with van der Waals surface area (Å²) in [5.74, 6) is 1.08. The average molecular weight is 351 g/mol. The van der Waals surface area contributed by atoms with E-state index < -0.39 is 0 Å². The summed E-state index contributed by atoms with van der Waals surface area (Å²) in [5, 5.41) is 0. The lowest BCUT2D eigenvalue weighted by molar-refractivity contribution is 0.122. The van der Waals surface area contributed by atoms with Gasteiger partial charge in [0.25, 0.3) is 0 Å². The van der Waals surface area contributed by atoms with Gasteiger partial charge in [-0.05, 0) is 48.3 Å². The molecule has 0 aliphatic heterocycles. The van der Waals surface area contributed by atoms with E-state index in [9.17, 15) is 0 Å². The maximum absolute atomic E-state index is 2.51. The van der Waals surface area contributed by atoms with E-state index in [0.29, 0.717) is 17.3 Å². The Morgan fingerprint density at radius 2 is 1.54 bits per heavy atom. The standard InChI is InChI=1S/C26H38/c1-7-10-18-26(8-2,9-3)22(6)25(23-14-12-11-13-15-23)24-17-16-20(4)19-21(24)5/h11-17,19,22,25H,7-10,18H2,1-6H3/t22-,25-/m1/s1. The van der Waals surface area contributed by atoms with E-state index in [4.69, 9.17) is 0 Å². The van der Waals surface area contributed by atoms with Crippen molar-refractivity contribution in [1.82, 2.24) is 0 Å². The van der Waals surface area contributed by atoms with Crippen molar-refractivity contribution >= 4 is 0 Å². The average Bonchev–Trinajstić information content (AvgIpc) is 2.66. The molecule has 2 aromatic carbocycles. The van der Waals surface area contributed by atoms with Crippen LogP contribution >= 0.6 is 0 Å². The molecule has 2 aromatic rings. The molecule has 2 atom stereocenters. The molecule has 0 heterocycles. The minimum atomic E-state index is 0.411. The van der Waals surface area contributed by atoms with E-state index >= 15 is 0 Å². The topological polar surface area (TPSA) is 0 Å². The van der Waals surface area contributed by atoms with E-state index in [1.54, 1.807) is 0 Å². The van der Waals surface area contributed by atoms with E-state index in [-0.39, 0.29) is 0 Å². The van der Waals surface area contributed by atoms with Gasteiger partial charge in [0.2, 0.25) is 0 Å². The third-order valence-corrected chi connectivity index (χ3v) is 6.82. The zero-order valence-electron chi connectivity index (χ0n) is 17.8. The molecule has 26 heavy (non-hydrogen) atoms. The van der Waals surface area contributed by atoms with Crippen molar-refractivity contribution in [2.75, 3.05) is 0 Å². The van der Waals surface area contributed by atoms with E-state index in [1.165, 1.54) is 54.4 Å². The van der Waals surface area contributed by atoms with Gasteiger partial charge in [-0.3, -0.25) is 0 Å². The quantitative estimate of drug-likeness (QED) is 0.429. The second-order valence-corrected chi connectivity index (χ2v) is 8.21. The smallest absolute Gasteiger partial charge is 0.0123 e. The molecule has 0 aromatic heterocycles. The number of hydrogen-bond acceptors (Lipinski definition) is 0. The highest BCUT2D eigenvalue weighted by molar-refractivity contribution is 5.40. The third-order valence-electron chi connectivity index (χ3n) is 6.82. The van der Waals surface area contributed by atoms with Crippen molar-refractivity contribution in [2.24, 2.45) is 11.3 Å². The summed E-state index contributed by atoms with van der Waals surface area (Å²) in [6, 6.07) is 18.2. The van der Waals surface area contributed by atoms with Crippen molar-refractivity contribution in [3.8, 4) is 0 Å². The molecule has 0 nitrogen and oxygen atoms in total. The van der Waals surface area contributed by atoms with Crippen LogP contribution in [0.5, 0.6) is 0 Å². The molecule has 0 aliphatic carbocycles. The molecule has 0 N–H and O–H groups in total. The fourth-order valence-corrected chi connectivity index (χ4v) is 4.93. The van der Waals surface area contributed by atoms with Gasteiger partial charge in [0.15, 0.2) is 0 Å². The Morgan fingerprint density at radius 1 is 0.885 bits per heavy atom. The molecule has 0 saturated heterocycles. The van der Waals surface area contributed by atoms with Gasteiger partial charge in [-0.25, -0.2) is 0 Å². The van der Waals surface area contributed by atoms with Crippen LogP contribution < -0.4 is 0 Å². The first-order valence-corrected chi connectivity index (χ1v) is 10.6. The summed E-state index contributed by atoms with van der Waals surface area (Å²) in [4.78, 5) is 0. The molecule has 0 aliphatic rings. The Hall–Kier alpha value is -1.56. The normalized spacial score (nSPS) is 14.2. The summed E-state index contributed by atoms with van der Waals surface area (Å²) in [6.07, 6.45) is 6.48. The maximum atomic E-state index is 2.51. The van der Waals surface area contributed by atoms with Gasteiger partial charge in [0, 0.05) is 5.92 Å². The molecule has 0 unspecified atom stereocenters. The van der Waals surface area contributed by atoms with Crippen LogP contribution in [0.2, 0.25) is 0 Å². The van der Waals surface area contributed by atoms with Crippen LogP contribution in [0.4, 0.5) is 0 Å². The van der Waals surface area contributed by atoms with Crippen molar-refractivity contribution in [3.05, 3.63) is 70.8 Å². The maximum Gasteiger partial charge on any atom is 0.0123 e. The summed E-state index contributed by atoms with van der Waals surface area (Å²) in [7, 11) is 0. The van der Waals surface area contributed by atoms with E-state index in [0.717, 1.165) is 0 Å². The van der Waals surface area contributed by atoms with Crippen molar-refractivity contribution < 1.29 is 0 Å². The second kappa shape index (κ2) is 9.40. The summed E-state index contributed by atoms with van der Waals surface area (Å²) in [6.45, 7) is 14.1. The SMILES string of the molecule is CCCCC(CC)(CC)[C@H](C)[C@H](c1ccccc1)c1ccc(C)cc1C. The van der Waals surface area contributed by atoms with Crippen LogP contribution in [0.1, 0.15) is 88.0 Å². The number of unbranched alkanes of at least 4 members (excludes halogenated alkanes) is 1. The van der Waals surface area contributed by atoms with Crippen LogP contribution in [-0.4, -0.2) is 0 Å². The van der Waals surface area contributed by atoms with Crippen molar-refractivity contribution in [1.29, 1.82) is 0 Å². The Bertz CT molecular complexity index is 664. The first kappa shape index (κ1) is 20.7. The summed E-state index contributed by atoms with van der Waals surface area (Å²) in [5.41, 5.74) is 6.18. The van der Waals surface area contributed by atoms with Gasteiger partial charge < -0.3 is 0 Å². The molecule has 0 bridgehead atoms. The highest BCUT2D eigenvalue weighted by Gasteiger charge is 2.38. The molecular weight excluding hydrogens is 312 g/mol. The largest absolute Gasteiger partial charge is 0.0654 e. The molecule has 0 saturated carbocycles. The van der Waals surface area contributed by atoms with Crippen LogP contribution in [0.25, 0.3) is 0 Å². The van der Waals surface area contributed by atoms with E-state index in [2.05, 4.69) is 90.1 Å². The number of hydrogen-bond donors (Lipinski definition) is 0. The fraction of sp³-hybridized carbons (Fsp3) is 0.538. The lowest BCUT2D eigenvalue weighted by atomic mass is 9.61. The monoisotopic (exact) mass is 350 g/mol. The van der Waals surface area contributed by atoms with Crippen LogP contribution in [-0.2, 0) is 0 Å². The lowest BCUT2D eigenvalue weighted by Crippen LogP contribution is -2.33. The zero-order chi connectivity index (χ0) is 19.2. The molecular formula is C26H38. The minimum Gasteiger partial charge on any atom is -0.0654 e. The molecule has 0 amide bonds. The van der Waals surface area contributed by atoms with Crippen LogP contribution in [0, 0.1) is 25.2 Å². The minimum absolute atomic E-state index is 0.411. The van der Waals surface area contributed by atoms with Crippen LogP contribution in [0.15, 0.2) is 48.5 Å². The fourth-order valence-electron chi connectivity index (χ4n) is 4.93. The number of benzene rings is 2. The molecule has 0 heteroatoms. The number of aryl methyl sites for hydroxylation is 2. The Labute approximate surface area is 162 Å². The summed E-state index contributed by atoms with van der Waals surface area (Å²) < 4.78 is 0. The highest BCUT2D eigenvalue weighted by atomic mass is 14.4. The first-order valence-electron chi connectivity index (χ1n) is 10.6. The second-order valence-electron chi connectivity index (χ2n) is 8.21. The van der Waals surface area contributed by atoms with Gasteiger partial charge >= 0.3 is 0 Å². The predicted octanol–water partition coefficient (Wildman–Crippen LogP) is 8.07. The van der Waals surface area contributed by atoms with E-state index in [1.807, 2.05) is 0 Å². The molecule has 142 valence electrons. The lowest BCUT2D eigenvalue weighted by Gasteiger charge is -2.43. The molecule has 0 radical (unpaired) electrons. The van der Waals surface area contributed by atoms with Gasteiger partial charge in [-0.15, -0.1) is 0 Å². The number of rotatable bonds is 9. The predicted molar refractivity (Wildman–Crippen MR) is 116 cm³/mol. The molecule has 0 fully saturated rings.